The van der Waals surface area contributed by atoms with Crippen LogP contribution in [0.3, 0.4) is 0 Å². The minimum absolute atomic E-state index is 0.0924. The van der Waals surface area contributed by atoms with Gasteiger partial charge in [0.1, 0.15) is 0 Å². The number of aryl methyl sites for hydroxylation is 1. The molecule has 0 unspecified atom stereocenters. The zero-order valence-corrected chi connectivity index (χ0v) is 16.1. The molecule has 0 saturated heterocycles. The van der Waals surface area contributed by atoms with E-state index in [0.717, 1.165) is 17.3 Å². The fourth-order valence-corrected chi connectivity index (χ4v) is 3.92. The lowest BCUT2D eigenvalue weighted by Crippen LogP contribution is -2.26. The topological polar surface area (TPSA) is 68.2 Å². The van der Waals surface area contributed by atoms with Gasteiger partial charge in [0.15, 0.2) is 9.84 Å². The number of halogens is 1. The van der Waals surface area contributed by atoms with Crippen LogP contribution in [0.4, 0.5) is 0 Å². The van der Waals surface area contributed by atoms with Gasteiger partial charge in [-0.25, -0.2) is 8.42 Å². The fourth-order valence-electron chi connectivity index (χ4n) is 2.94. The number of fused-ring (bicyclic) bond motifs is 1. The third-order valence-corrected chi connectivity index (χ3v) is 5.70. The van der Waals surface area contributed by atoms with Crippen molar-refractivity contribution in [3.05, 3.63) is 64.8 Å². The Kier molecular flexibility index (Phi) is 5.07. The summed E-state index contributed by atoms with van der Waals surface area (Å²) in [4.78, 5) is 12.4. The summed E-state index contributed by atoms with van der Waals surface area (Å²) in [6, 6.07) is 12.2. The third-order valence-electron chi connectivity index (χ3n) is 4.27. The zero-order chi connectivity index (χ0) is 18.9. The predicted octanol–water partition coefficient (Wildman–Crippen LogP) is 3.21. The van der Waals surface area contributed by atoms with Crippen LogP contribution in [0.5, 0.6) is 0 Å². The summed E-state index contributed by atoms with van der Waals surface area (Å²) in [5.74, 6) is -0.324. The summed E-state index contributed by atoms with van der Waals surface area (Å²) < 4.78 is 25.1. The Morgan fingerprint density at radius 3 is 2.62 bits per heavy atom. The smallest absolute Gasteiger partial charge is 0.252 e. The third kappa shape index (κ3) is 3.76. The number of amides is 1. The van der Waals surface area contributed by atoms with Gasteiger partial charge in [-0.2, -0.15) is 0 Å². The molecule has 0 spiro atoms. The van der Waals surface area contributed by atoms with Crippen LogP contribution in [0.15, 0.2) is 53.6 Å². The molecular formula is C19H19ClN2O3S. The zero-order valence-electron chi connectivity index (χ0n) is 14.5. The van der Waals surface area contributed by atoms with Gasteiger partial charge in [-0.15, -0.1) is 0 Å². The highest BCUT2D eigenvalue weighted by molar-refractivity contribution is 7.90. The lowest BCUT2D eigenvalue weighted by Gasteiger charge is -2.08. The van der Waals surface area contributed by atoms with E-state index in [1.54, 1.807) is 0 Å². The van der Waals surface area contributed by atoms with Crippen LogP contribution < -0.4 is 5.32 Å². The van der Waals surface area contributed by atoms with Gasteiger partial charge in [-0.1, -0.05) is 29.8 Å². The molecule has 1 N–H and O–H groups in total. The summed E-state index contributed by atoms with van der Waals surface area (Å²) in [5, 5.41) is 4.13. The van der Waals surface area contributed by atoms with E-state index in [4.69, 9.17) is 11.6 Å². The van der Waals surface area contributed by atoms with Crippen LogP contribution in [0.1, 0.15) is 15.9 Å². The first-order chi connectivity index (χ1) is 12.3. The van der Waals surface area contributed by atoms with Crippen molar-refractivity contribution >= 4 is 38.2 Å². The Bertz CT molecular complexity index is 1090. The number of nitrogens with one attached hydrogen (secondary N) is 1. The Balaban J connectivity index is 1.69. The van der Waals surface area contributed by atoms with E-state index < -0.39 is 9.84 Å². The number of hydrogen-bond acceptors (Lipinski definition) is 3. The van der Waals surface area contributed by atoms with E-state index in [1.165, 1.54) is 23.6 Å². The molecule has 2 aromatic carbocycles. The molecule has 0 aliphatic heterocycles. The van der Waals surface area contributed by atoms with Crippen molar-refractivity contribution in [1.82, 2.24) is 9.88 Å². The van der Waals surface area contributed by atoms with Crippen molar-refractivity contribution in [2.75, 3.05) is 12.8 Å². The largest absolute Gasteiger partial charge is 0.352 e. The molecule has 7 heteroatoms. The summed E-state index contributed by atoms with van der Waals surface area (Å²) in [7, 11) is -1.36. The first-order valence-corrected chi connectivity index (χ1v) is 10.3. The van der Waals surface area contributed by atoms with E-state index >= 15 is 0 Å². The second kappa shape index (κ2) is 7.13. The van der Waals surface area contributed by atoms with Gasteiger partial charge in [-0.3, -0.25) is 4.79 Å². The van der Waals surface area contributed by atoms with Crippen LogP contribution in [-0.4, -0.2) is 31.7 Å². The van der Waals surface area contributed by atoms with Gasteiger partial charge < -0.3 is 9.88 Å². The first-order valence-electron chi connectivity index (χ1n) is 8.08. The summed E-state index contributed by atoms with van der Waals surface area (Å²) in [6.45, 7) is 0.455. The average Bonchev–Trinajstić information content (AvgIpc) is 2.90. The maximum Gasteiger partial charge on any atom is 0.252 e. The summed E-state index contributed by atoms with van der Waals surface area (Å²) in [6.07, 6.45) is 3.85. The van der Waals surface area contributed by atoms with Crippen LogP contribution in [0.2, 0.25) is 5.02 Å². The lowest BCUT2D eigenvalue weighted by atomic mass is 10.1. The minimum atomic E-state index is -3.36. The summed E-state index contributed by atoms with van der Waals surface area (Å²) in [5.41, 5.74) is 2.56. The second-order valence-corrected chi connectivity index (χ2v) is 8.63. The number of sulfone groups is 1. The minimum Gasteiger partial charge on any atom is -0.352 e. The van der Waals surface area contributed by atoms with Crippen LogP contribution in [-0.2, 0) is 23.3 Å². The molecule has 0 saturated carbocycles. The van der Waals surface area contributed by atoms with Crippen molar-refractivity contribution in [1.29, 1.82) is 0 Å². The van der Waals surface area contributed by atoms with Crippen LogP contribution in [0.25, 0.3) is 10.9 Å². The second-order valence-electron chi connectivity index (χ2n) is 6.20. The van der Waals surface area contributed by atoms with Crippen molar-refractivity contribution in [3.63, 3.8) is 0 Å². The van der Waals surface area contributed by atoms with Crippen molar-refractivity contribution in [3.8, 4) is 0 Å². The molecule has 3 aromatic rings. The van der Waals surface area contributed by atoms with Crippen LogP contribution >= 0.6 is 11.6 Å². The molecule has 0 aliphatic rings. The van der Waals surface area contributed by atoms with E-state index in [-0.39, 0.29) is 21.4 Å². The van der Waals surface area contributed by atoms with Gasteiger partial charge in [-0.05, 0) is 36.2 Å². The number of nitrogens with zero attached hydrogens (tertiary/aromatic N) is 1. The molecule has 1 heterocycles. The maximum absolute atomic E-state index is 12.3. The van der Waals surface area contributed by atoms with Gasteiger partial charge in [0.2, 0.25) is 0 Å². The SMILES string of the molecule is Cn1cc(CCNC(=O)c2ccc(S(C)(=O)=O)cc2Cl)c2ccccc21. The van der Waals surface area contributed by atoms with Crippen molar-refractivity contribution in [2.45, 2.75) is 11.3 Å². The molecule has 0 radical (unpaired) electrons. The maximum atomic E-state index is 12.3. The van der Waals surface area contributed by atoms with Crippen molar-refractivity contribution < 1.29 is 13.2 Å². The molecule has 0 aliphatic carbocycles. The van der Waals surface area contributed by atoms with Gasteiger partial charge in [0.05, 0.1) is 15.5 Å². The molecule has 136 valence electrons. The number of benzene rings is 2. The van der Waals surface area contributed by atoms with E-state index in [9.17, 15) is 13.2 Å². The first kappa shape index (κ1) is 18.5. The highest BCUT2D eigenvalue weighted by Gasteiger charge is 2.15. The van der Waals surface area contributed by atoms with E-state index in [0.29, 0.717) is 13.0 Å². The molecule has 5 nitrogen and oxygen atoms in total. The molecule has 1 aromatic heterocycles. The number of hydrogen-bond donors (Lipinski definition) is 1. The summed E-state index contributed by atoms with van der Waals surface area (Å²) >= 11 is 6.08. The van der Waals surface area contributed by atoms with Gasteiger partial charge in [0.25, 0.3) is 5.91 Å². The standard InChI is InChI=1S/C19H19ClN2O3S/c1-22-12-13(15-5-3-4-6-18(15)22)9-10-21-19(23)16-8-7-14(11-17(16)20)26(2,24)25/h3-8,11-12H,9-10H2,1-2H3,(H,21,23). The highest BCUT2D eigenvalue weighted by atomic mass is 35.5. The van der Waals surface area contributed by atoms with Gasteiger partial charge in [0, 0.05) is 36.9 Å². The number of para-hydroxylation sites is 1. The molecule has 1 amide bonds. The molecular weight excluding hydrogens is 372 g/mol. The molecule has 26 heavy (non-hydrogen) atoms. The molecule has 0 bridgehead atoms. The molecule has 3 rings (SSSR count). The Morgan fingerprint density at radius 2 is 1.92 bits per heavy atom. The van der Waals surface area contributed by atoms with E-state index in [1.807, 2.05) is 19.2 Å². The monoisotopic (exact) mass is 390 g/mol. The fraction of sp³-hybridized carbons (Fsp3) is 0.211. The number of rotatable bonds is 5. The van der Waals surface area contributed by atoms with E-state index in [2.05, 4.69) is 28.2 Å². The lowest BCUT2D eigenvalue weighted by molar-refractivity contribution is 0.0954. The number of carbonyl (C=O) groups is 1. The van der Waals surface area contributed by atoms with Crippen LogP contribution in [0, 0.1) is 0 Å². The average molecular weight is 391 g/mol. The quantitative estimate of drug-likeness (QED) is 0.727. The predicted molar refractivity (Wildman–Crippen MR) is 104 cm³/mol. The normalized spacial score (nSPS) is 11.7. The highest BCUT2D eigenvalue weighted by Crippen LogP contribution is 2.22. The molecule has 0 atom stereocenters. The molecule has 0 fully saturated rings. The van der Waals surface area contributed by atoms with Crippen molar-refractivity contribution in [2.24, 2.45) is 7.05 Å². The Hall–Kier alpha value is -2.31. The Labute approximate surface area is 157 Å². The van der Waals surface area contributed by atoms with Gasteiger partial charge >= 0.3 is 0 Å². The number of carbonyl (C=O) groups excluding carboxylic acids is 1. The number of aromatic nitrogens is 1. The Morgan fingerprint density at radius 1 is 1.19 bits per heavy atom.